The molecule has 0 aliphatic carbocycles. The molecule has 2 heterocycles. The maximum Gasteiger partial charge on any atom is 0.276 e. The summed E-state index contributed by atoms with van der Waals surface area (Å²) in [6.45, 7) is 0.718. The molecular weight excluding hydrogens is 400 g/mol. The van der Waals surface area contributed by atoms with E-state index in [-0.39, 0.29) is 11.8 Å². The predicted molar refractivity (Wildman–Crippen MR) is 126 cm³/mol. The third-order valence-corrected chi connectivity index (χ3v) is 5.95. The highest BCUT2D eigenvalue weighted by Crippen LogP contribution is 2.29. The molecule has 4 aromatic rings. The summed E-state index contributed by atoms with van der Waals surface area (Å²) >= 11 is 0. The summed E-state index contributed by atoms with van der Waals surface area (Å²) in [7, 11) is 1.69. The third kappa shape index (κ3) is 3.54. The molecule has 1 N–H and O–H groups in total. The van der Waals surface area contributed by atoms with E-state index in [0.717, 1.165) is 42.4 Å². The molecular formula is C26H24N4O2. The van der Waals surface area contributed by atoms with Gasteiger partial charge in [0.1, 0.15) is 5.82 Å². The summed E-state index contributed by atoms with van der Waals surface area (Å²) < 4.78 is 1.96. The Bertz CT molecular complexity index is 1300. The molecule has 6 heteroatoms. The SMILES string of the molecule is CN(C(=O)c1cccc2ccccc12)c1nc2n(c1C(=O)Nc1ccccc1)CCCC2. The fourth-order valence-electron chi connectivity index (χ4n) is 4.33. The topological polar surface area (TPSA) is 67.2 Å². The van der Waals surface area contributed by atoms with Crippen molar-refractivity contribution in [1.29, 1.82) is 0 Å². The molecule has 0 bridgehead atoms. The van der Waals surface area contributed by atoms with Crippen LogP contribution in [-0.2, 0) is 13.0 Å². The monoisotopic (exact) mass is 424 g/mol. The van der Waals surface area contributed by atoms with Crippen LogP contribution in [0.5, 0.6) is 0 Å². The first kappa shape index (κ1) is 20.0. The first-order valence-corrected chi connectivity index (χ1v) is 10.8. The van der Waals surface area contributed by atoms with Gasteiger partial charge in [0.05, 0.1) is 0 Å². The largest absolute Gasteiger partial charge is 0.322 e. The molecule has 6 nitrogen and oxygen atoms in total. The van der Waals surface area contributed by atoms with E-state index in [2.05, 4.69) is 5.32 Å². The molecule has 3 aromatic carbocycles. The molecule has 160 valence electrons. The molecule has 5 rings (SSSR count). The van der Waals surface area contributed by atoms with Gasteiger partial charge in [-0.25, -0.2) is 4.98 Å². The molecule has 32 heavy (non-hydrogen) atoms. The van der Waals surface area contributed by atoms with Gasteiger partial charge in [-0.2, -0.15) is 0 Å². The number of rotatable bonds is 4. The number of imidazole rings is 1. The van der Waals surface area contributed by atoms with E-state index in [4.69, 9.17) is 4.98 Å². The van der Waals surface area contributed by atoms with E-state index in [9.17, 15) is 9.59 Å². The molecule has 1 aromatic heterocycles. The average Bonchev–Trinajstić information content (AvgIpc) is 3.23. The number of hydrogen-bond donors (Lipinski definition) is 1. The number of para-hydroxylation sites is 1. The Morgan fingerprint density at radius 1 is 0.938 bits per heavy atom. The summed E-state index contributed by atoms with van der Waals surface area (Å²) in [6.07, 6.45) is 2.80. The van der Waals surface area contributed by atoms with Crippen LogP contribution in [0.25, 0.3) is 10.8 Å². The number of anilines is 2. The van der Waals surface area contributed by atoms with Gasteiger partial charge < -0.3 is 9.88 Å². The summed E-state index contributed by atoms with van der Waals surface area (Å²) in [4.78, 5) is 33.1. The van der Waals surface area contributed by atoms with Crippen LogP contribution in [0.4, 0.5) is 11.5 Å². The van der Waals surface area contributed by atoms with Gasteiger partial charge in [0.2, 0.25) is 0 Å². The minimum atomic E-state index is -0.260. The number of aromatic nitrogens is 2. The van der Waals surface area contributed by atoms with Crippen molar-refractivity contribution >= 4 is 34.1 Å². The quantitative estimate of drug-likeness (QED) is 0.507. The Labute approximate surface area is 186 Å². The predicted octanol–water partition coefficient (Wildman–Crippen LogP) is 4.90. The lowest BCUT2D eigenvalue weighted by Gasteiger charge is -2.19. The van der Waals surface area contributed by atoms with Gasteiger partial charge in [0.15, 0.2) is 11.5 Å². The third-order valence-electron chi connectivity index (χ3n) is 5.95. The smallest absolute Gasteiger partial charge is 0.276 e. The Hall–Kier alpha value is -3.93. The molecule has 1 aliphatic heterocycles. The lowest BCUT2D eigenvalue weighted by molar-refractivity contribution is 0.0993. The number of nitrogens with one attached hydrogen (secondary N) is 1. The molecule has 0 saturated carbocycles. The molecule has 0 radical (unpaired) electrons. The second-order valence-electron chi connectivity index (χ2n) is 8.02. The second-order valence-corrected chi connectivity index (χ2v) is 8.02. The van der Waals surface area contributed by atoms with Crippen molar-refractivity contribution in [3.8, 4) is 0 Å². The highest BCUT2D eigenvalue weighted by Gasteiger charge is 2.30. The van der Waals surface area contributed by atoms with Crippen molar-refractivity contribution in [1.82, 2.24) is 9.55 Å². The minimum Gasteiger partial charge on any atom is -0.322 e. The van der Waals surface area contributed by atoms with Crippen LogP contribution in [0.3, 0.4) is 0 Å². The zero-order valence-electron chi connectivity index (χ0n) is 17.9. The van der Waals surface area contributed by atoms with E-state index >= 15 is 0 Å². The van der Waals surface area contributed by atoms with Gasteiger partial charge in [-0.15, -0.1) is 0 Å². The highest BCUT2D eigenvalue weighted by atomic mass is 16.2. The van der Waals surface area contributed by atoms with Crippen molar-refractivity contribution in [3.05, 3.63) is 89.9 Å². The summed E-state index contributed by atoms with van der Waals surface area (Å²) in [5.74, 6) is 0.797. The van der Waals surface area contributed by atoms with Gasteiger partial charge in [-0.05, 0) is 41.8 Å². The van der Waals surface area contributed by atoms with Crippen molar-refractivity contribution in [2.24, 2.45) is 0 Å². The summed E-state index contributed by atoms with van der Waals surface area (Å²) in [5, 5.41) is 4.84. The average molecular weight is 425 g/mol. The first-order valence-electron chi connectivity index (χ1n) is 10.8. The van der Waals surface area contributed by atoms with E-state index in [1.54, 1.807) is 7.05 Å². The van der Waals surface area contributed by atoms with Gasteiger partial charge in [0, 0.05) is 31.3 Å². The Kier molecular flexibility index (Phi) is 5.19. The number of amides is 2. The van der Waals surface area contributed by atoms with E-state index < -0.39 is 0 Å². The van der Waals surface area contributed by atoms with Gasteiger partial charge in [-0.3, -0.25) is 14.5 Å². The van der Waals surface area contributed by atoms with Crippen LogP contribution >= 0.6 is 0 Å². The molecule has 0 unspecified atom stereocenters. The van der Waals surface area contributed by atoms with Crippen LogP contribution in [0.15, 0.2) is 72.8 Å². The second kappa shape index (κ2) is 8.30. The molecule has 1 aliphatic rings. The number of carbonyl (C=O) groups is 2. The van der Waals surface area contributed by atoms with Crippen LogP contribution < -0.4 is 10.2 Å². The number of nitrogens with zero attached hydrogens (tertiary/aromatic N) is 3. The van der Waals surface area contributed by atoms with Crippen LogP contribution in [0.2, 0.25) is 0 Å². The van der Waals surface area contributed by atoms with Gasteiger partial charge >= 0.3 is 0 Å². The van der Waals surface area contributed by atoms with Crippen LogP contribution in [-0.4, -0.2) is 28.4 Å². The fourth-order valence-corrected chi connectivity index (χ4v) is 4.33. The van der Waals surface area contributed by atoms with E-state index in [1.165, 1.54) is 4.90 Å². The number of carbonyl (C=O) groups excluding carboxylic acids is 2. The Morgan fingerprint density at radius 3 is 2.53 bits per heavy atom. The summed E-state index contributed by atoms with van der Waals surface area (Å²) in [6, 6.07) is 22.8. The van der Waals surface area contributed by atoms with Crippen molar-refractivity contribution in [2.45, 2.75) is 25.8 Å². The van der Waals surface area contributed by atoms with Crippen molar-refractivity contribution < 1.29 is 9.59 Å². The minimum absolute atomic E-state index is 0.189. The standard InChI is InChI=1S/C26H24N4O2/c1-29(26(32)21-15-9-11-18-10-5-6-14-20(18)21)24-23(30-17-8-7-16-22(30)28-24)25(31)27-19-12-3-2-4-13-19/h2-6,9-15H,7-8,16-17H2,1H3,(H,27,31). The summed E-state index contributed by atoms with van der Waals surface area (Å²) in [5.41, 5.74) is 1.73. The van der Waals surface area contributed by atoms with E-state index in [0.29, 0.717) is 22.8 Å². The maximum absolute atomic E-state index is 13.6. The molecule has 0 saturated heterocycles. The van der Waals surface area contributed by atoms with Crippen LogP contribution in [0.1, 0.15) is 39.5 Å². The highest BCUT2D eigenvalue weighted by molar-refractivity contribution is 6.16. The lowest BCUT2D eigenvalue weighted by Crippen LogP contribution is -2.30. The van der Waals surface area contributed by atoms with E-state index in [1.807, 2.05) is 77.4 Å². The lowest BCUT2D eigenvalue weighted by atomic mass is 10.0. The fraction of sp³-hybridized carbons (Fsp3) is 0.192. The molecule has 0 spiro atoms. The Balaban J connectivity index is 1.56. The molecule has 2 amide bonds. The Morgan fingerprint density at radius 2 is 1.69 bits per heavy atom. The normalized spacial score (nSPS) is 12.9. The number of aryl methyl sites for hydroxylation is 1. The molecule has 0 atom stereocenters. The van der Waals surface area contributed by atoms with Crippen molar-refractivity contribution in [2.75, 3.05) is 17.3 Å². The zero-order valence-corrected chi connectivity index (χ0v) is 17.9. The van der Waals surface area contributed by atoms with Crippen molar-refractivity contribution in [3.63, 3.8) is 0 Å². The number of hydrogen-bond acceptors (Lipinski definition) is 3. The number of benzene rings is 3. The first-order chi connectivity index (χ1) is 15.6. The number of fused-ring (bicyclic) bond motifs is 2. The zero-order chi connectivity index (χ0) is 22.1. The van der Waals surface area contributed by atoms with Crippen LogP contribution in [0, 0.1) is 0 Å². The van der Waals surface area contributed by atoms with Gasteiger partial charge in [0.25, 0.3) is 11.8 Å². The molecule has 0 fully saturated rings. The maximum atomic E-state index is 13.6. The van der Waals surface area contributed by atoms with Gasteiger partial charge in [-0.1, -0.05) is 54.6 Å².